The van der Waals surface area contributed by atoms with E-state index in [0.717, 1.165) is 71.2 Å². The number of H-pyrrole nitrogens is 1. The van der Waals surface area contributed by atoms with Crippen LogP contribution < -0.4 is 16.6 Å². The number of carbonyl (C=O) groups excluding carboxylic acids is 1. The number of amides is 1. The summed E-state index contributed by atoms with van der Waals surface area (Å²) in [6.07, 6.45) is 5.87. The molecule has 2 aliphatic rings. The van der Waals surface area contributed by atoms with Crippen molar-refractivity contribution in [1.29, 1.82) is 0 Å². The molecule has 1 saturated carbocycles. The quantitative estimate of drug-likeness (QED) is 0.683. The second kappa shape index (κ2) is 9.78. The van der Waals surface area contributed by atoms with Gasteiger partial charge in [0.1, 0.15) is 0 Å². The van der Waals surface area contributed by atoms with Crippen LogP contribution in [0.25, 0.3) is 10.9 Å². The Bertz CT molecular complexity index is 1030. The standard InChI is InChI=1S/C23H33N5O3/c1-26-12-14-27(15-13-26)11-5-10-24-21(29)17-8-9-19-20(16-17)25-23(31)28(22(19)30)18-6-3-2-4-7-18/h8-9,16,18H,2-7,10-15H2,1H3,(H,24,29)(H,25,31). The van der Waals surface area contributed by atoms with Gasteiger partial charge < -0.3 is 20.1 Å². The zero-order valence-corrected chi connectivity index (χ0v) is 18.4. The normalized spacial score (nSPS) is 19.0. The van der Waals surface area contributed by atoms with Gasteiger partial charge >= 0.3 is 5.69 Å². The predicted molar refractivity (Wildman–Crippen MR) is 122 cm³/mol. The zero-order valence-electron chi connectivity index (χ0n) is 18.4. The number of carbonyl (C=O) groups is 1. The van der Waals surface area contributed by atoms with E-state index >= 15 is 0 Å². The van der Waals surface area contributed by atoms with Crippen molar-refractivity contribution >= 4 is 16.8 Å². The van der Waals surface area contributed by atoms with Gasteiger partial charge in [-0.25, -0.2) is 4.79 Å². The maximum absolute atomic E-state index is 12.9. The van der Waals surface area contributed by atoms with Crippen molar-refractivity contribution in [3.63, 3.8) is 0 Å². The van der Waals surface area contributed by atoms with E-state index in [1.165, 1.54) is 4.57 Å². The van der Waals surface area contributed by atoms with E-state index in [1.54, 1.807) is 18.2 Å². The summed E-state index contributed by atoms with van der Waals surface area (Å²) in [6, 6.07) is 4.91. The summed E-state index contributed by atoms with van der Waals surface area (Å²) in [5.41, 5.74) is 0.239. The molecule has 0 atom stereocenters. The summed E-state index contributed by atoms with van der Waals surface area (Å²) >= 11 is 0. The van der Waals surface area contributed by atoms with Gasteiger partial charge in [0, 0.05) is 44.3 Å². The van der Waals surface area contributed by atoms with E-state index < -0.39 is 0 Å². The molecule has 1 aliphatic carbocycles. The molecule has 168 valence electrons. The number of aromatic amines is 1. The first-order chi connectivity index (χ1) is 15.0. The Kier molecular flexibility index (Phi) is 6.87. The van der Waals surface area contributed by atoms with Gasteiger partial charge in [-0.05, 0) is 51.1 Å². The molecule has 1 aromatic carbocycles. The molecule has 1 saturated heterocycles. The van der Waals surface area contributed by atoms with Crippen LogP contribution in [0.15, 0.2) is 27.8 Å². The SMILES string of the molecule is CN1CCN(CCCNC(=O)c2ccc3c(=O)n(C4CCCCC4)c(=O)[nH]c3c2)CC1. The smallest absolute Gasteiger partial charge is 0.329 e. The van der Waals surface area contributed by atoms with Crippen molar-refractivity contribution in [3.05, 3.63) is 44.6 Å². The Balaban J connectivity index is 1.39. The number of aromatic nitrogens is 2. The highest BCUT2D eigenvalue weighted by Gasteiger charge is 2.20. The molecular weight excluding hydrogens is 394 g/mol. The monoisotopic (exact) mass is 427 g/mol. The van der Waals surface area contributed by atoms with Gasteiger partial charge in [-0.3, -0.25) is 14.2 Å². The van der Waals surface area contributed by atoms with Crippen LogP contribution in [-0.2, 0) is 0 Å². The number of nitrogens with zero attached hydrogens (tertiary/aromatic N) is 3. The number of nitrogens with one attached hydrogen (secondary N) is 2. The fraction of sp³-hybridized carbons (Fsp3) is 0.609. The van der Waals surface area contributed by atoms with Crippen LogP contribution >= 0.6 is 0 Å². The first-order valence-corrected chi connectivity index (χ1v) is 11.5. The second-order valence-corrected chi connectivity index (χ2v) is 8.91. The third-order valence-electron chi connectivity index (χ3n) is 6.66. The van der Waals surface area contributed by atoms with Crippen LogP contribution in [0.4, 0.5) is 0 Å². The molecule has 8 heteroatoms. The Labute approximate surface area is 182 Å². The zero-order chi connectivity index (χ0) is 21.8. The molecule has 1 aliphatic heterocycles. The summed E-state index contributed by atoms with van der Waals surface area (Å²) in [4.78, 5) is 45.7. The van der Waals surface area contributed by atoms with Gasteiger partial charge in [0.25, 0.3) is 11.5 Å². The largest absolute Gasteiger partial charge is 0.352 e. The third kappa shape index (κ3) is 5.07. The summed E-state index contributed by atoms with van der Waals surface area (Å²) in [5, 5.41) is 3.41. The third-order valence-corrected chi connectivity index (χ3v) is 6.66. The van der Waals surface area contributed by atoms with E-state index in [9.17, 15) is 14.4 Å². The number of piperazine rings is 1. The molecule has 0 radical (unpaired) electrons. The lowest BCUT2D eigenvalue weighted by Gasteiger charge is -2.32. The number of likely N-dealkylation sites (N-methyl/N-ethyl adjacent to an activating group) is 1. The van der Waals surface area contributed by atoms with E-state index in [4.69, 9.17) is 0 Å². The first-order valence-electron chi connectivity index (χ1n) is 11.5. The van der Waals surface area contributed by atoms with Crippen LogP contribution in [0, 0.1) is 0 Å². The number of hydrogen-bond donors (Lipinski definition) is 2. The fourth-order valence-corrected chi connectivity index (χ4v) is 4.72. The number of hydrogen-bond acceptors (Lipinski definition) is 5. The number of fused-ring (bicyclic) bond motifs is 1. The highest BCUT2D eigenvalue weighted by molar-refractivity contribution is 5.97. The molecule has 1 amide bonds. The Morgan fingerprint density at radius 1 is 1.10 bits per heavy atom. The van der Waals surface area contributed by atoms with Gasteiger partial charge in [0.15, 0.2) is 0 Å². The summed E-state index contributed by atoms with van der Waals surface area (Å²) in [6.45, 7) is 5.89. The maximum Gasteiger partial charge on any atom is 0.329 e. The van der Waals surface area contributed by atoms with Crippen LogP contribution in [0.3, 0.4) is 0 Å². The van der Waals surface area contributed by atoms with Gasteiger partial charge in [-0.2, -0.15) is 0 Å². The van der Waals surface area contributed by atoms with Crippen LogP contribution in [0.5, 0.6) is 0 Å². The van der Waals surface area contributed by atoms with Crippen molar-refractivity contribution in [2.45, 2.75) is 44.6 Å². The highest BCUT2D eigenvalue weighted by atomic mass is 16.2. The predicted octanol–water partition coefficient (Wildman–Crippen LogP) is 1.56. The second-order valence-electron chi connectivity index (χ2n) is 8.91. The van der Waals surface area contributed by atoms with E-state index in [2.05, 4.69) is 27.1 Å². The highest BCUT2D eigenvalue weighted by Crippen LogP contribution is 2.26. The van der Waals surface area contributed by atoms with Gasteiger partial charge in [0.05, 0.1) is 10.9 Å². The first kappa shape index (κ1) is 21.8. The van der Waals surface area contributed by atoms with Gasteiger partial charge in [-0.15, -0.1) is 0 Å². The molecule has 0 spiro atoms. The van der Waals surface area contributed by atoms with E-state index in [1.807, 2.05) is 0 Å². The van der Waals surface area contributed by atoms with Crippen molar-refractivity contribution in [2.24, 2.45) is 0 Å². The van der Waals surface area contributed by atoms with Crippen molar-refractivity contribution in [3.8, 4) is 0 Å². The van der Waals surface area contributed by atoms with E-state index in [0.29, 0.717) is 23.0 Å². The Morgan fingerprint density at radius 2 is 1.84 bits per heavy atom. The molecule has 2 fully saturated rings. The lowest BCUT2D eigenvalue weighted by Crippen LogP contribution is -2.45. The minimum atomic E-state index is -0.380. The summed E-state index contributed by atoms with van der Waals surface area (Å²) in [5.74, 6) is -0.183. The molecule has 31 heavy (non-hydrogen) atoms. The summed E-state index contributed by atoms with van der Waals surface area (Å²) in [7, 11) is 2.14. The van der Waals surface area contributed by atoms with Crippen LogP contribution in [-0.4, -0.2) is 71.6 Å². The molecule has 0 unspecified atom stereocenters. The van der Waals surface area contributed by atoms with Crippen LogP contribution in [0.1, 0.15) is 54.9 Å². The minimum Gasteiger partial charge on any atom is -0.352 e. The summed E-state index contributed by atoms with van der Waals surface area (Å²) < 4.78 is 1.37. The Morgan fingerprint density at radius 3 is 2.58 bits per heavy atom. The molecule has 2 N–H and O–H groups in total. The average Bonchev–Trinajstić information content (AvgIpc) is 2.78. The molecule has 2 aromatic rings. The molecule has 2 heterocycles. The minimum absolute atomic E-state index is 0.0299. The van der Waals surface area contributed by atoms with Crippen molar-refractivity contribution < 1.29 is 4.79 Å². The average molecular weight is 428 g/mol. The molecule has 4 rings (SSSR count). The number of benzene rings is 1. The topological polar surface area (TPSA) is 90.4 Å². The lowest BCUT2D eigenvalue weighted by atomic mass is 9.95. The molecule has 1 aromatic heterocycles. The lowest BCUT2D eigenvalue weighted by molar-refractivity contribution is 0.0949. The Hall–Kier alpha value is -2.45. The van der Waals surface area contributed by atoms with Gasteiger partial charge in [0.2, 0.25) is 0 Å². The number of rotatable bonds is 6. The van der Waals surface area contributed by atoms with E-state index in [-0.39, 0.29) is 23.2 Å². The van der Waals surface area contributed by atoms with Crippen molar-refractivity contribution in [2.75, 3.05) is 46.3 Å². The molecule has 0 bridgehead atoms. The van der Waals surface area contributed by atoms with Gasteiger partial charge in [-0.1, -0.05) is 19.3 Å². The molecule has 8 nitrogen and oxygen atoms in total. The fourth-order valence-electron chi connectivity index (χ4n) is 4.72. The molecular formula is C23H33N5O3. The maximum atomic E-state index is 12.9. The van der Waals surface area contributed by atoms with Crippen molar-refractivity contribution in [1.82, 2.24) is 24.7 Å². The van der Waals surface area contributed by atoms with Crippen LogP contribution in [0.2, 0.25) is 0 Å².